The number of nitro groups is 1. The number of benzene rings is 2. The highest BCUT2D eigenvalue weighted by atomic mass is 19.4. The van der Waals surface area contributed by atoms with Gasteiger partial charge in [0.05, 0.1) is 0 Å². The first-order chi connectivity index (χ1) is 19.2. The summed E-state index contributed by atoms with van der Waals surface area (Å²) in [5.74, 6) is 0.253. The maximum Gasteiger partial charge on any atom is 0.573 e. The topological polar surface area (TPSA) is 95.1 Å². The van der Waals surface area contributed by atoms with Gasteiger partial charge in [0.2, 0.25) is 0 Å². The molecule has 10 nitrogen and oxygen atoms in total. The number of halogens is 3. The van der Waals surface area contributed by atoms with Gasteiger partial charge >= 0.3 is 18.2 Å². The number of fused-ring (bicyclic) bond motifs is 1. The van der Waals surface area contributed by atoms with E-state index in [1.54, 1.807) is 16.7 Å². The summed E-state index contributed by atoms with van der Waals surface area (Å²) in [4.78, 5) is 18.8. The number of hydrogen-bond acceptors (Lipinski definition) is 8. The van der Waals surface area contributed by atoms with Crippen LogP contribution >= 0.6 is 0 Å². The van der Waals surface area contributed by atoms with Gasteiger partial charge in [0.1, 0.15) is 30.4 Å². The maximum atomic E-state index is 12.5. The number of piperidine rings is 1. The molecule has 1 atom stereocenters. The molecular weight excluding hydrogens is 531 g/mol. The molecule has 2 aliphatic rings. The van der Waals surface area contributed by atoms with Crippen LogP contribution in [0.1, 0.15) is 26.2 Å². The molecule has 1 unspecified atom stereocenters. The molecule has 40 heavy (non-hydrogen) atoms. The van der Waals surface area contributed by atoms with E-state index in [-0.39, 0.29) is 29.7 Å². The third-order valence-corrected chi connectivity index (χ3v) is 7.16. The van der Waals surface area contributed by atoms with Gasteiger partial charge in [-0.25, -0.2) is 0 Å². The highest BCUT2D eigenvalue weighted by molar-refractivity contribution is 5.52. The minimum absolute atomic E-state index is 0.223. The standard InChI is InChI=1S/C27H30F3N5O5/c1-2-34(20-5-9-23(10-6-20)40-27(28,29)30)21-11-14-32(15-12-21)19-3-7-22(8-4-19)38-18-24-13-16-33-17-25(35(36)37)31-26(33)39-24/h3-10,17,21,24H,2,11-16,18H2,1H3. The Bertz CT molecular complexity index is 1290. The van der Waals surface area contributed by atoms with Gasteiger partial charge in [-0.15, -0.1) is 13.2 Å². The van der Waals surface area contributed by atoms with Crippen LogP contribution in [0.25, 0.3) is 0 Å². The van der Waals surface area contributed by atoms with E-state index in [2.05, 4.69) is 19.5 Å². The molecule has 1 aromatic heterocycles. The van der Waals surface area contributed by atoms with Crippen molar-refractivity contribution in [2.45, 2.75) is 51.2 Å². The fraction of sp³-hybridized carbons (Fsp3) is 0.444. The van der Waals surface area contributed by atoms with Crippen LogP contribution in [0, 0.1) is 10.1 Å². The zero-order chi connectivity index (χ0) is 28.3. The lowest BCUT2D eigenvalue weighted by atomic mass is 10.0. The van der Waals surface area contributed by atoms with Crippen LogP contribution in [0.5, 0.6) is 17.5 Å². The zero-order valence-electron chi connectivity index (χ0n) is 21.9. The minimum atomic E-state index is -4.70. The zero-order valence-corrected chi connectivity index (χ0v) is 21.9. The molecule has 2 aliphatic heterocycles. The van der Waals surface area contributed by atoms with E-state index < -0.39 is 11.3 Å². The van der Waals surface area contributed by atoms with Crippen LogP contribution in [0.3, 0.4) is 0 Å². The summed E-state index contributed by atoms with van der Waals surface area (Å²) in [7, 11) is 0. The molecule has 3 heterocycles. The molecule has 0 amide bonds. The Morgan fingerprint density at radius 2 is 1.73 bits per heavy atom. The normalized spacial score (nSPS) is 17.6. The van der Waals surface area contributed by atoms with E-state index in [1.165, 1.54) is 18.3 Å². The van der Waals surface area contributed by atoms with Crippen LogP contribution < -0.4 is 24.0 Å². The van der Waals surface area contributed by atoms with Crippen molar-refractivity contribution < 1.29 is 32.3 Å². The van der Waals surface area contributed by atoms with Crippen molar-refractivity contribution in [3.63, 3.8) is 0 Å². The van der Waals surface area contributed by atoms with Crippen LogP contribution in [0.2, 0.25) is 0 Å². The highest BCUT2D eigenvalue weighted by Crippen LogP contribution is 2.30. The van der Waals surface area contributed by atoms with Crippen molar-refractivity contribution in [1.82, 2.24) is 9.55 Å². The Hall–Kier alpha value is -4.16. The number of hydrogen-bond donors (Lipinski definition) is 0. The van der Waals surface area contributed by atoms with Gasteiger partial charge in [0.15, 0.2) is 0 Å². The Morgan fingerprint density at radius 1 is 1.05 bits per heavy atom. The predicted molar refractivity (Wildman–Crippen MR) is 141 cm³/mol. The van der Waals surface area contributed by atoms with Crippen molar-refractivity contribution in [3.8, 4) is 17.5 Å². The van der Waals surface area contributed by atoms with Crippen LogP contribution in [-0.2, 0) is 6.54 Å². The second-order valence-corrected chi connectivity index (χ2v) is 9.71. The molecule has 3 aromatic rings. The summed E-state index contributed by atoms with van der Waals surface area (Å²) >= 11 is 0. The lowest BCUT2D eigenvalue weighted by Gasteiger charge is -2.40. The van der Waals surface area contributed by atoms with E-state index in [1.807, 2.05) is 31.2 Å². The molecule has 0 aliphatic carbocycles. The number of imidazole rings is 1. The van der Waals surface area contributed by atoms with E-state index in [9.17, 15) is 23.3 Å². The van der Waals surface area contributed by atoms with Gasteiger partial charge in [0, 0.05) is 55.0 Å². The number of alkyl halides is 3. The summed E-state index contributed by atoms with van der Waals surface area (Å²) in [6, 6.07) is 14.4. The van der Waals surface area contributed by atoms with E-state index in [0.29, 0.717) is 25.3 Å². The molecule has 1 fully saturated rings. The van der Waals surface area contributed by atoms with E-state index in [4.69, 9.17) is 9.47 Å². The monoisotopic (exact) mass is 561 g/mol. The number of anilines is 2. The van der Waals surface area contributed by atoms with Gasteiger partial charge in [-0.3, -0.25) is 4.57 Å². The third kappa shape index (κ3) is 6.52. The number of aromatic nitrogens is 2. The molecular formula is C27H30F3N5O5. The van der Waals surface area contributed by atoms with Crippen molar-refractivity contribution in [1.29, 1.82) is 0 Å². The maximum absolute atomic E-state index is 12.5. The molecule has 5 rings (SSSR count). The van der Waals surface area contributed by atoms with Gasteiger partial charge in [-0.1, -0.05) is 0 Å². The first-order valence-electron chi connectivity index (χ1n) is 13.2. The van der Waals surface area contributed by atoms with Gasteiger partial charge in [0.25, 0.3) is 0 Å². The fourth-order valence-corrected chi connectivity index (χ4v) is 5.21. The third-order valence-electron chi connectivity index (χ3n) is 7.16. The smallest absolute Gasteiger partial charge is 0.490 e. The number of rotatable bonds is 9. The molecule has 1 saturated heterocycles. The van der Waals surface area contributed by atoms with E-state index >= 15 is 0 Å². The van der Waals surface area contributed by atoms with Gasteiger partial charge in [-0.05, 0) is 73.2 Å². The highest BCUT2D eigenvalue weighted by Gasteiger charge is 2.31. The molecule has 0 saturated carbocycles. The summed E-state index contributed by atoms with van der Waals surface area (Å²) < 4.78 is 54.7. The van der Waals surface area contributed by atoms with Crippen molar-refractivity contribution in [3.05, 3.63) is 64.8 Å². The molecule has 0 N–H and O–H groups in total. The lowest BCUT2D eigenvalue weighted by Crippen LogP contribution is -2.45. The molecule has 0 spiro atoms. The average Bonchev–Trinajstić information content (AvgIpc) is 3.37. The van der Waals surface area contributed by atoms with Crippen molar-refractivity contribution >= 4 is 17.2 Å². The fourth-order valence-electron chi connectivity index (χ4n) is 5.21. The first kappa shape index (κ1) is 27.4. The van der Waals surface area contributed by atoms with Gasteiger partial charge < -0.3 is 34.1 Å². The Labute approximate surface area is 229 Å². The summed E-state index contributed by atoms with van der Waals surface area (Å²) in [5, 5.41) is 10.9. The van der Waals surface area contributed by atoms with Crippen LogP contribution in [-0.4, -0.2) is 59.2 Å². The van der Waals surface area contributed by atoms with E-state index in [0.717, 1.165) is 43.9 Å². The summed E-state index contributed by atoms with van der Waals surface area (Å²) in [6.45, 7) is 5.38. The average molecular weight is 562 g/mol. The molecule has 13 heteroatoms. The number of ether oxygens (including phenoxy) is 3. The van der Waals surface area contributed by atoms with Crippen molar-refractivity contribution in [2.75, 3.05) is 36.0 Å². The number of aryl methyl sites for hydroxylation is 1. The van der Waals surface area contributed by atoms with Gasteiger partial charge in [-0.2, -0.15) is 0 Å². The summed E-state index contributed by atoms with van der Waals surface area (Å²) in [6.07, 6.45) is -1.08. The quantitative estimate of drug-likeness (QED) is 0.253. The second kappa shape index (κ2) is 11.5. The molecule has 214 valence electrons. The number of nitrogens with zero attached hydrogens (tertiary/aromatic N) is 5. The Balaban J connectivity index is 1.10. The predicted octanol–water partition coefficient (Wildman–Crippen LogP) is 5.42. The molecule has 0 bridgehead atoms. The van der Waals surface area contributed by atoms with Crippen LogP contribution in [0.15, 0.2) is 54.7 Å². The Morgan fingerprint density at radius 3 is 2.35 bits per heavy atom. The Kier molecular flexibility index (Phi) is 7.90. The van der Waals surface area contributed by atoms with Crippen molar-refractivity contribution in [2.24, 2.45) is 0 Å². The minimum Gasteiger partial charge on any atom is -0.490 e. The molecule has 0 radical (unpaired) electrons. The first-order valence-corrected chi connectivity index (χ1v) is 13.2. The van der Waals surface area contributed by atoms with Crippen LogP contribution in [0.4, 0.5) is 30.4 Å². The lowest BCUT2D eigenvalue weighted by molar-refractivity contribution is -0.389. The largest absolute Gasteiger partial charge is 0.573 e. The second-order valence-electron chi connectivity index (χ2n) is 9.71. The molecule has 2 aromatic carbocycles. The SMILES string of the molecule is CCN(c1ccc(OC(F)(F)F)cc1)C1CCN(c2ccc(OCC3CCn4cc([N+](=O)[O-])nc4O3)cc2)CC1. The summed E-state index contributed by atoms with van der Waals surface area (Å²) in [5.41, 5.74) is 1.96.